The van der Waals surface area contributed by atoms with Gasteiger partial charge in [-0.05, 0) is 6.92 Å². The first kappa shape index (κ1) is 11.7. The number of sulfone groups is 1. The van der Waals surface area contributed by atoms with Gasteiger partial charge in [0, 0.05) is 0 Å². The lowest BCUT2D eigenvalue weighted by atomic mass is 10.4. The van der Waals surface area contributed by atoms with E-state index in [1.54, 1.807) is 0 Å². The van der Waals surface area contributed by atoms with Crippen LogP contribution >= 0.6 is 0 Å². The maximum Gasteiger partial charge on any atom is 0.431 e. The zero-order valence-corrected chi connectivity index (χ0v) is 7.33. The van der Waals surface area contributed by atoms with Crippen LogP contribution in [-0.2, 0) is 9.84 Å². The smallest absolute Gasteiger partial charge is 0.368 e. The summed E-state index contributed by atoms with van der Waals surface area (Å²) in [6.45, 7) is 1.27. The van der Waals surface area contributed by atoms with Crippen LogP contribution < -0.4 is 0 Å². The predicted molar refractivity (Wildman–Crippen MR) is 36.1 cm³/mol. The molecule has 0 fully saturated rings. The standard InChI is InChI=1S/C5H9F3O3S/c1-3-12(10,11)4(2,9)5(6,7)8/h9H,3H2,1-2H3. The fourth-order valence-corrected chi connectivity index (χ4v) is 1.37. The lowest BCUT2D eigenvalue weighted by Crippen LogP contribution is -2.49. The van der Waals surface area contributed by atoms with Crippen LogP contribution in [0.25, 0.3) is 0 Å². The van der Waals surface area contributed by atoms with Gasteiger partial charge in [-0.2, -0.15) is 13.2 Å². The SMILES string of the molecule is CCS(=O)(=O)C(C)(O)C(F)(F)F. The van der Waals surface area contributed by atoms with E-state index >= 15 is 0 Å². The lowest BCUT2D eigenvalue weighted by Gasteiger charge is -2.25. The van der Waals surface area contributed by atoms with Crippen LogP contribution in [0.4, 0.5) is 13.2 Å². The summed E-state index contributed by atoms with van der Waals surface area (Å²) in [5.74, 6) is -0.750. The van der Waals surface area contributed by atoms with Gasteiger partial charge in [-0.15, -0.1) is 0 Å². The fraction of sp³-hybridized carbons (Fsp3) is 1.00. The summed E-state index contributed by atoms with van der Waals surface area (Å²) in [7, 11) is -4.52. The molecule has 0 aliphatic heterocycles. The average molecular weight is 206 g/mol. The number of hydrogen-bond donors (Lipinski definition) is 1. The van der Waals surface area contributed by atoms with Crippen molar-refractivity contribution in [2.75, 3.05) is 5.75 Å². The molecule has 0 rings (SSSR count). The van der Waals surface area contributed by atoms with Crippen molar-refractivity contribution >= 4 is 9.84 Å². The monoisotopic (exact) mass is 206 g/mol. The van der Waals surface area contributed by atoms with E-state index in [1.807, 2.05) is 0 Å². The average Bonchev–Trinajstić information content (AvgIpc) is 1.85. The number of aliphatic hydroxyl groups is 1. The van der Waals surface area contributed by atoms with E-state index in [-0.39, 0.29) is 6.92 Å². The van der Waals surface area contributed by atoms with Crippen LogP contribution in [0.5, 0.6) is 0 Å². The Morgan fingerprint density at radius 3 is 1.75 bits per heavy atom. The number of rotatable bonds is 2. The normalized spacial score (nSPS) is 18.8. The Bertz CT molecular complexity index is 252. The molecule has 3 nitrogen and oxygen atoms in total. The quantitative estimate of drug-likeness (QED) is 0.723. The van der Waals surface area contributed by atoms with E-state index in [2.05, 4.69) is 0 Å². The van der Waals surface area contributed by atoms with Crippen LogP contribution in [0.3, 0.4) is 0 Å². The van der Waals surface area contributed by atoms with Gasteiger partial charge in [0.15, 0.2) is 9.84 Å². The number of halogens is 3. The molecule has 0 aromatic heterocycles. The van der Waals surface area contributed by atoms with E-state index in [9.17, 15) is 21.6 Å². The molecule has 0 aliphatic rings. The third kappa shape index (κ3) is 1.71. The summed E-state index contributed by atoms with van der Waals surface area (Å²) in [5, 5.41) is 8.67. The summed E-state index contributed by atoms with van der Waals surface area (Å²) in [6, 6.07) is 0. The molecule has 0 spiro atoms. The Hall–Kier alpha value is -0.300. The molecule has 1 N–H and O–H groups in total. The minimum atomic E-state index is -5.15. The molecule has 7 heteroatoms. The van der Waals surface area contributed by atoms with Gasteiger partial charge >= 0.3 is 6.18 Å². The topological polar surface area (TPSA) is 54.4 Å². The molecular formula is C5H9F3O3S. The highest BCUT2D eigenvalue weighted by molar-refractivity contribution is 7.92. The van der Waals surface area contributed by atoms with Crippen LogP contribution in [0, 0.1) is 0 Å². The Kier molecular flexibility index (Phi) is 2.81. The van der Waals surface area contributed by atoms with E-state index in [4.69, 9.17) is 5.11 Å². The third-order valence-electron chi connectivity index (χ3n) is 1.51. The predicted octanol–water partition coefficient (Wildman–Crippen LogP) is 0.692. The Balaban J connectivity index is 5.14. The first-order valence-corrected chi connectivity index (χ1v) is 4.73. The summed E-state index contributed by atoms with van der Waals surface area (Å²) in [4.78, 5) is -3.64. The molecule has 0 saturated heterocycles. The molecule has 1 atom stereocenters. The molecule has 0 radical (unpaired) electrons. The highest BCUT2D eigenvalue weighted by atomic mass is 32.2. The minimum Gasteiger partial charge on any atom is -0.368 e. The molecule has 74 valence electrons. The summed E-state index contributed by atoms with van der Waals surface area (Å²) < 4.78 is 57.1. The summed E-state index contributed by atoms with van der Waals surface area (Å²) in [5.41, 5.74) is 0. The third-order valence-corrected chi connectivity index (χ3v) is 3.71. The molecule has 1 unspecified atom stereocenters. The van der Waals surface area contributed by atoms with E-state index in [1.165, 1.54) is 0 Å². The summed E-state index contributed by atoms with van der Waals surface area (Å²) >= 11 is 0. The highest BCUT2D eigenvalue weighted by Crippen LogP contribution is 2.34. The minimum absolute atomic E-state index is 0.228. The van der Waals surface area contributed by atoms with Gasteiger partial charge in [0.2, 0.25) is 0 Å². The Morgan fingerprint density at radius 1 is 1.33 bits per heavy atom. The van der Waals surface area contributed by atoms with E-state index in [0.29, 0.717) is 0 Å². The molecule has 0 heterocycles. The second-order valence-electron chi connectivity index (χ2n) is 2.38. The van der Waals surface area contributed by atoms with Crippen molar-refractivity contribution in [3.8, 4) is 0 Å². The second kappa shape index (κ2) is 2.88. The second-order valence-corrected chi connectivity index (χ2v) is 4.99. The van der Waals surface area contributed by atoms with Crippen LogP contribution in [0.1, 0.15) is 13.8 Å². The Morgan fingerprint density at radius 2 is 1.67 bits per heavy atom. The first-order valence-electron chi connectivity index (χ1n) is 3.07. The van der Waals surface area contributed by atoms with Crippen molar-refractivity contribution in [3.63, 3.8) is 0 Å². The number of hydrogen-bond acceptors (Lipinski definition) is 3. The van der Waals surface area contributed by atoms with E-state index < -0.39 is 26.7 Å². The molecule has 12 heavy (non-hydrogen) atoms. The Labute approximate surface area is 68.1 Å². The van der Waals surface area contributed by atoms with Gasteiger partial charge in [0.05, 0.1) is 5.75 Å². The lowest BCUT2D eigenvalue weighted by molar-refractivity contribution is -0.216. The molecule has 0 saturated carbocycles. The first-order chi connectivity index (χ1) is 5.06. The van der Waals surface area contributed by atoms with Gasteiger partial charge in [-0.25, -0.2) is 8.42 Å². The van der Waals surface area contributed by atoms with Crippen LogP contribution in [0.2, 0.25) is 0 Å². The van der Waals surface area contributed by atoms with Gasteiger partial charge in [-0.3, -0.25) is 0 Å². The molecule has 0 aromatic rings. The molecule has 0 amide bonds. The molecule has 0 aliphatic carbocycles. The van der Waals surface area contributed by atoms with Gasteiger partial charge < -0.3 is 5.11 Å². The van der Waals surface area contributed by atoms with Gasteiger partial charge in [0.25, 0.3) is 4.93 Å². The molecule has 0 aromatic carbocycles. The van der Waals surface area contributed by atoms with Gasteiger partial charge in [-0.1, -0.05) is 6.92 Å². The van der Waals surface area contributed by atoms with Crippen molar-refractivity contribution in [1.82, 2.24) is 0 Å². The summed E-state index contributed by atoms with van der Waals surface area (Å²) in [6.07, 6.45) is -5.15. The maximum atomic E-state index is 11.9. The molecule has 0 bridgehead atoms. The van der Waals surface area contributed by atoms with Crippen LogP contribution in [-0.4, -0.2) is 30.4 Å². The fourth-order valence-electron chi connectivity index (χ4n) is 0.457. The number of alkyl halides is 3. The largest absolute Gasteiger partial charge is 0.431 e. The molecular weight excluding hydrogens is 197 g/mol. The van der Waals surface area contributed by atoms with Crippen molar-refractivity contribution < 1.29 is 26.7 Å². The van der Waals surface area contributed by atoms with Crippen molar-refractivity contribution in [1.29, 1.82) is 0 Å². The zero-order chi connectivity index (χ0) is 10.2. The van der Waals surface area contributed by atoms with Crippen molar-refractivity contribution in [2.45, 2.75) is 25.0 Å². The van der Waals surface area contributed by atoms with Crippen molar-refractivity contribution in [2.24, 2.45) is 0 Å². The van der Waals surface area contributed by atoms with Gasteiger partial charge in [0.1, 0.15) is 0 Å². The zero-order valence-electron chi connectivity index (χ0n) is 6.51. The maximum absolute atomic E-state index is 11.9. The highest BCUT2D eigenvalue weighted by Gasteiger charge is 2.58. The van der Waals surface area contributed by atoms with Crippen LogP contribution in [0.15, 0.2) is 0 Å². The van der Waals surface area contributed by atoms with Crippen molar-refractivity contribution in [3.05, 3.63) is 0 Å². The van der Waals surface area contributed by atoms with E-state index in [0.717, 1.165) is 6.92 Å².